The summed E-state index contributed by atoms with van der Waals surface area (Å²) in [5.74, 6) is -2.04. The van der Waals surface area contributed by atoms with Crippen LogP contribution in [-0.2, 0) is 11.2 Å². The zero-order valence-electron chi connectivity index (χ0n) is 11.6. The standard InChI is InChI=1S/C16H14ClFN2O2/c17-11-7-5-10(6-8-11)9-14(15(19)21)20-16(22)12-3-1-2-4-13(12)18/h1-8,14H,9H2,(H2,19,21)(H,20,22)/t14-/m1/s1. The first-order chi connectivity index (χ1) is 10.5. The Bertz CT molecular complexity index is 689. The number of nitrogens with one attached hydrogen (secondary N) is 1. The number of carbonyl (C=O) groups is 2. The summed E-state index contributed by atoms with van der Waals surface area (Å²) in [7, 11) is 0. The highest BCUT2D eigenvalue weighted by Gasteiger charge is 2.21. The molecule has 0 radical (unpaired) electrons. The van der Waals surface area contributed by atoms with E-state index in [0.29, 0.717) is 5.02 Å². The van der Waals surface area contributed by atoms with Crippen LogP contribution in [0.15, 0.2) is 48.5 Å². The summed E-state index contributed by atoms with van der Waals surface area (Å²) in [6.45, 7) is 0. The monoisotopic (exact) mass is 320 g/mol. The number of nitrogens with two attached hydrogens (primary N) is 1. The lowest BCUT2D eigenvalue weighted by Crippen LogP contribution is -2.46. The van der Waals surface area contributed by atoms with Gasteiger partial charge in [0.25, 0.3) is 5.91 Å². The molecule has 0 spiro atoms. The number of rotatable bonds is 5. The molecular formula is C16H14ClFN2O2. The molecule has 1 atom stereocenters. The Hall–Kier alpha value is -2.40. The summed E-state index contributed by atoms with van der Waals surface area (Å²) in [5, 5.41) is 3.01. The lowest BCUT2D eigenvalue weighted by atomic mass is 10.0. The maximum Gasteiger partial charge on any atom is 0.254 e. The van der Waals surface area contributed by atoms with Crippen molar-refractivity contribution in [1.82, 2.24) is 5.32 Å². The van der Waals surface area contributed by atoms with Gasteiger partial charge in [-0.15, -0.1) is 0 Å². The molecule has 22 heavy (non-hydrogen) atoms. The van der Waals surface area contributed by atoms with Crippen LogP contribution in [-0.4, -0.2) is 17.9 Å². The smallest absolute Gasteiger partial charge is 0.254 e. The topological polar surface area (TPSA) is 72.2 Å². The lowest BCUT2D eigenvalue weighted by molar-refractivity contribution is -0.119. The van der Waals surface area contributed by atoms with E-state index in [1.165, 1.54) is 24.3 Å². The normalized spacial score (nSPS) is 11.7. The van der Waals surface area contributed by atoms with Gasteiger partial charge < -0.3 is 11.1 Å². The maximum absolute atomic E-state index is 13.6. The van der Waals surface area contributed by atoms with Gasteiger partial charge in [-0.1, -0.05) is 35.9 Å². The fourth-order valence-electron chi connectivity index (χ4n) is 1.96. The van der Waals surface area contributed by atoms with E-state index in [1.807, 2.05) is 0 Å². The van der Waals surface area contributed by atoms with E-state index in [4.69, 9.17) is 17.3 Å². The van der Waals surface area contributed by atoms with Crippen molar-refractivity contribution < 1.29 is 14.0 Å². The minimum absolute atomic E-state index is 0.134. The van der Waals surface area contributed by atoms with E-state index >= 15 is 0 Å². The minimum atomic E-state index is -0.937. The molecular weight excluding hydrogens is 307 g/mol. The van der Waals surface area contributed by atoms with Crippen molar-refractivity contribution in [3.8, 4) is 0 Å². The zero-order valence-corrected chi connectivity index (χ0v) is 12.3. The van der Waals surface area contributed by atoms with Crippen molar-refractivity contribution in [2.75, 3.05) is 0 Å². The Morgan fingerprint density at radius 2 is 1.77 bits per heavy atom. The van der Waals surface area contributed by atoms with Crippen molar-refractivity contribution in [2.24, 2.45) is 5.73 Å². The molecule has 114 valence electrons. The molecule has 0 fully saturated rings. The molecule has 2 aromatic rings. The van der Waals surface area contributed by atoms with Crippen LogP contribution in [0.25, 0.3) is 0 Å². The number of halogens is 2. The fraction of sp³-hybridized carbons (Fsp3) is 0.125. The van der Waals surface area contributed by atoms with Crippen molar-refractivity contribution in [2.45, 2.75) is 12.5 Å². The Balaban J connectivity index is 2.12. The largest absolute Gasteiger partial charge is 0.368 e. The van der Waals surface area contributed by atoms with Gasteiger partial charge in [0, 0.05) is 11.4 Å². The Labute approximate surface area is 132 Å². The number of benzene rings is 2. The second kappa shape index (κ2) is 7.04. The third-order valence-electron chi connectivity index (χ3n) is 3.12. The van der Waals surface area contributed by atoms with Gasteiger partial charge >= 0.3 is 0 Å². The van der Waals surface area contributed by atoms with Crippen LogP contribution in [0.1, 0.15) is 15.9 Å². The molecule has 2 amide bonds. The van der Waals surface area contributed by atoms with Crippen LogP contribution in [0.2, 0.25) is 5.02 Å². The number of amides is 2. The molecule has 0 aliphatic rings. The Morgan fingerprint density at radius 3 is 2.36 bits per heavy atom. The molecule has 6 heteroatoms. The predicted octanol–water partition coefficient (Wildman–Crippen LogP) is 2.31. The number of hydrogen-bond acceptors (Lipinski definition) is 2. The fourth-order valence-corrected chi connectivity index (χ4v) is 2.09. The molecule has 4 nitrogen and oxygen atoms in total. The van der Waals surface area contributed by atoms with Crippen molar-refractivity contribution in [1.29, 1.82) is 0 Å². The Kier molecular flexibility index (Phi) is 5.12. The molecule has 0 aromatic heterocycles. The molecule has 0 saturated heterocycles. The van der Waals surface area contributed by atoms with Crippen LogP contribution in [0.3, 0.4) is 0 Å². The van der Waals surface area contributed by atoms with Gasteiger partial charge in [0.1, 0.15) is 11.9 Å². The highest BCUT2D eigenvalue weighted by Crippen LogP contribution is 2.12. The number of primary amides is 1. The van der Waals surface area contributed by atoms with E-state index < -0.39 is 23.7 Å². The predicted molar refractivity (Wildman–Crippen MR) is 82.0 cm³/mol. The molecule has 2 aromatic carbocycles. The summed E-state index contributed by atoms with van der Waals surface area (Å²) >= 11 is 5.79. The summed E-state index contributed by atoms with van der Waals surface area (Å²) in [5.41, 5.74) is 5.95. The third kappa shape index (κ3) is 4.05. The first-order valence-electron chi connectivity index (χ1n) is 6.56. The van der Waals surface area contributed by atoms with Gasteiger partial charge in [-0.05, 0) is 29.8 Å². The van der Waals surface area contributed by atoms with Crippen LogP contribution in [0, 0.1) is 5.82 Å². The molecule has 3 N–H and O–H groups in total. The second-order valence-corrected chi connectivity index (χ2v) is 5.18. The van der Waals surface area contributed by atoms with E-state index in [1.54, 1.807) is 24.3 Å². The summed E-state index contributed by atoms with van der Waals surface area (Å²) in [6.07, 6.45) is 0.201. The summed E-state index contributed by atoms with van der Waals surface area (Å²) in [4.78, 5) is 23.6. The summed E-state index contributed by atoms with van der Waals surface area (Å²) < 4.78 is 13.6. The quantitative estimate of drug-likeness (QED) is 0.887. The van der Waals surface area contributed by atoms with Crippen molar-refractivity contribution in [3.05, 3.63) is 70.5 Å². The van der Waals surface area contributed by atoms with Crippen molar-refractivity contribution in [3.63, 3.8) is 0 Å². The molecule has 0 saturated carbocycles. The first kappa shape index (κ1) is 16.0. The number of carbonyl (C=O) groups excluding carboxylic acids is 2. The highest BCUT2D eigenvalue weighted by molar-refractivity contribution is 6.30. The molecule has 0 unspecified atom stereocenters. The minimum Gasteiger partial charge on any atom is -0.368 e. The molecule has 0 heterocycles. The van der Waals surface area contributed by atoms with Crippen LogP contribution in [0.4, 0.5) is 4.39 Å². The molecule has 2 rings (SSSR count). The Morgan fingerprint density at radius 1 is 1.14 bits per heavy atom. The van der Waals surface area contributed by atoms with E-state index in [9.17, 15) is 14.0 Å². The number of hydrogen-bond donors (Lipinski definition) is 2. The third-order valence-corrected chi connectivity index (χ3v) is 3.37. The van der Waals surface area contributed by atoms with Crippen molar-refractivity contribution >= 4 is 23.4 Å². The lowest BCUT2D eigenvalue weighted by Gasteiger charge is -2.16. The van der Waals surface area contributed by atoms with Crippen LogP contribution >= 0.6 is 11.6 Å². The average Bonchev–Trinajstić information content (AvgIpc) is 2.49. The average molecular weight is 321 g/mol. The first-order valence-corrected chi connectivity index (χ1v) is 6.94. The highest BCUT2D eigenvalue weighted by atomic mass is 35.5. The molecule has 0 aliphatic carbocycles. The second-order valence-electron chi connectivity index (χ2n) is 4.74. The van der Waals surface area contributed by atoms with Gasteiger partial charge in [0.05, 0.1) is 5.56 Å². The van der Waals surface area contributed by atoms with Gasteiger partial charge in [-0.3, -0.25) is 9.59 Å². The van der Waals surface area contributed by atoms with E-state index in [-0.39, 0.29) is 12.0 Å². The van der Waals surface area contributed by atoms with Crippen LogP contribution in [0.5, 0.6) is 0 Å². The molecule has 0 aliphatic heterocycles. The van der Waals surface area contributed by atoms with Gasteiger partial charge in [0.15, 0.2) is 0 Å². The van der Waals surface area contributed by atoms with Gasteiger partial charge in [-0.2, -0.15) is 0 Å². The zero-order chi connectivity index (χ0) is 16.1. The maximum atomic E-state index is 13.6. The van der Waals surface area contributed by atoms with Gasteiger partial charge in [-0.25, -0.2) is 4.39 Å². The molecule has 0 bridgehead atoms. The van der Waals surface area contributed by atoms with Crippen LogP contribution < -0.4 is 11.1 Å². The van der Waals surface area contributed by atoms with E-state index in [0.717, 1.165) is 5.56 Å². The van der Waals surface area contributed by atoms with Gasteiger partial charge in [0.2, 0.25) is 5.91 Å². The summed E-state index contributed by atoms with van der Waals surface area (Å²) in [6, 6.07) is 11.4. The van der Waals surface area contributed by atoms with E-state index in [2.05, 4.69) is 5.32 Å². The SMILES string of the molecule is NC(=O)[C@@H](Cc1ccc(Cl)cc1)NC(=O)c1ccccc1F.